The highest BCUT2D eigenvalue weighted by Crippen LogP contribution is 2.21. The number of hydrogen-bond acceptors (Lipinski definition) is 6. The lowest BCUT2D eigenvalue weighted by Crippen LogP contribution is -2.14. The number of aromatic nitrogens is 3. The molecule has 0 amide bonds. The van der Waals surface area contributed by atoms with E-state index < -0.39 is 0 Å². The minimum atomic E-state index is -0.332. The van der Waals surface area contributed by atoms with Crippen molar-refractivity contribution >= 4 is 17.7 Å². The van der Waals surface area contributed by atoms with Gasteiger partial charge in [-0.25, -0.2) is 9.47 Å². The molecule has 0 saturated heterocycles. The number of nitrogen functional groups attached to an aromatic ring is 1. The molecule has 2 rings (SSSR count). The van der Waals surface area contributed by atoms with Gasteiger partial charge in [-0.2, -0.15) is 0 Å². The Morgan fingerprint density at radius 2 is 2.05 bits per heavy atom. The summed E-state index contributed by atoms with van der Waals surface area (Å²) in [5.41, 5.74) is 1.62. The van der Waals surface area contributed by atoms with Crippen LogP contribution in [0.15, 0.2) is 29.4 Å². The number of aryl methyl sites for hydroxylation is 1. The lowest BCUT2D eigenvalue weighted by atomic mass is 10.1. The highest BCUT2D eigenvalue weighted by molar-refractivity contribution is 7.98. The molecule has 1 heterocycles. The zero-order valence-corrected chi connectivity index (χ0v) is 13.6. The van der Waals surface area contributed by atoms with Gasteiger partial charge in [0, 0.05) is 12.2 Å². The molecule has 0 radical (unpaired) electrons. The van der Waals surface area contributed by atoms with Crippen LogP contribution in [0.25, 0.3) is 0 Å². The molecule has 1 aromatic carbocycles. The molecule has 0 aliphatic rings. The molecule has 2 aromatic rings. The molecule has 7 heteroatoms. The van der Waals surface area contributed by atoms with Crippen LogP contribution in [0.4, 0.5) is 0 Å². The van der Waals surface area contributed by atoms with E-state index in [1.165, 1.54) is 18.9 Å². The van der Waals surface area contributed by atoms with Crippen LogP contribution in [-0.2, 0) is 16.9 Å². The van der Waals surface area contributed by atoms with Crippen molar-refractivity contribution in [3.8, 4) is 0 Å². The maximum atomic E-state index is 11.4. The maximum absolute atomic E-state index is 11.4. The van der Waals surface area contributed by atoms with Crippen molar-refractivity contribution < 1.29 is 9.53 Å². The van der Waals surface area contributed by atoms with Gasteiger partial charge < -0.3 is 10.6 Å². The van der Waals surface area contributed by atoms with E-state index in [0.29, 0.717) is 16.5 Å². The van der Waals surface area contributed by atoms with Crippen LogP contribution < -0.4 is 5.84 Å². The summed E-state index contributed by atoms with van der Waals surface area (Å²) in [5, 5.41) is 8.94. The van der Waals surface area contributed by atoms with E-state index in [4.69, 9.17) is 5.84 Å². The predicted octanol–water partition coefficient (Wildman–Crippen LogP) is 2.41. The summed E-state index contributed by atoms with van der Waals surface area (Å²) in [4.78, 5) is 11.4. The number of unbranched alkanes of at least 4 members (excludes halogenated alkanes) is 1. The maximum Gasteiger partial charge on any atom is 0.337 e. The van der Waals surface area contributed by atoms with E-state index in [2.05, 4.69) is 21.9 Å². The van der Waals surface area contributed by atoms with Crippen molar-refractivity contribution in [1.29, 1.82) is 0 Å². The van der Waals surface area contributed by atoms with Gasteiger partial charge in [0.25, 0.3) is 0 Å². The molecule has 0 aliphatic heterocycles. The molecule has 0 fully saturated rings. The topological polar surface area (TPSA) is 83.0 Å². The summed E-state index contributed by atoms with van der Waals surface area (Å²) in [6.07, 6.45) is 2.99. The number of nitrogens with two attached hydrogens (primary N) is 1. The lowest BCUT2D eigenvalue weighted by molar-refractivity contribution is 0.0600. The first-order chi connectivity index (χ1) is 10.7. The number of esters is 1. The number of carbonyl (C=O) groups is 1. The molecule has 0 atom stereocenters. The standard InChI is InChI=1S/C15H20N4O2S/c1-3-4-5-13-17-18-15(19(13)16)22-10-11-6-8-12(9-7-11)14(20)21-2/h6-9H,3-5,10,16H2,1-2H3. The molecule has 0 aliphatic carbocycles. The van der Waals surface area contributed by atoms with E-state index in [1.54, 1.807) is 16.8 Å². The fourth-order valence-electron chi connectivity index (χ4n) is 1.91. The Bertz CT molecular complexity index is 625. The molecule has 0 saturated carbocycles. The Labute approximate surface area is 134 Å². The van der Waals surface area contributed by atoms with Gasteiger partial charge in [0.2, 0.25) is 5.16 Å². The van der Waals surface area contributed by atoms with E-state index in [1.807, 2.05) is 12.1 Å². The van der Waals surface area contributed by atoms with E-state index >= 15 is 0 Å². The molecule has 0 spiro atoms. The first kappa shape index (κ1) is 16.4. The first-order valence-electron chi connectivity index (χ1n) is 7.15. The van der Waals surface area contributed by atoms with Crippen molar-refractivity contribution in [2.75, 3.05) is 13.0 Å². The predicted molar refractivity (Wildman–Crippen MR) is 86.1 cm³/mol. The number of thioether (sulfide) groups is 1. The molecular formula is C15H20N4O2S. The van der Waals surface area contributed by atoms with Crippen LogP contribution in [0.2, 0.25) is 0 Å². The highest BCUT2D eigenvalue weighted by atomic mass is 32.2. The second-order valence-electron chi connectivity index (χ2n) is 4.85. The minimum absolute atomic E-state index is 0.332. The average molecular weight is 320 g/mol. The fraction of sp³-hybridized carbons (Fsp3) is 0.400. The Morgan fingerprint density at radius 3 is 2.68 bits per heavy atom. The smallest absolute Gasteiger partial charge is 0.337 e. The van der Waals surface area contributed by atoms with Gasteiger partial charge in [-0.3, -0.25) is 0 Å². The normalized spacial score (nSPS) is 10.6. The Hall–Kier alpha value is -2.02. The SMILES string of the molecule is CCCCc1nnc(SCc2ccc(C(=O)OC)cc2)n1N. The Balaban J connectivity index is 1.95. The molecule has 118 valence electrons. The largest absolute Gasteiger partial charge is 0.465 e. The van der Waals surface area contributed by atoms with Crippen molar-refractivity contribution in [3.63, 3.8) is 0 Å². The summed E-state index contributed by atoms with van der Waals surface area (Å²) in [7, 11) is 1.37. The van der Waals surface area contributed by atoms with Crippen LogP contribution in [0.5, 0.6) is 0 Å². The Morgan fingerprint density at radius 1 is 1.32 bits per heavy atom. The average Bonchev–Trinajstić information content (AvgIpc) is 2.91. The Kier molecular flexibility index (Phi) is 5.83. The van der Waals surface area contributed by atoms with Crippen LogP contribution >= 0.6 is 11.8 Å². The van der Waals surface area contributed by atoms with E-state index in [9.17, 15) is 4.79 Å². The third kappa shape index (κ3) is 4.00. The molecular weight excluding hydrogens is 300 g/mol. The van der Waals surface area contributed by atoms with Gasteiger partial charge in [0.1, 0.15) is 0 Å². The summed E-state index contributed by atoms with van der Waals surface area (Å²) in [6.45, 7) is 2.13. The number of rotatable bonds is 7. The quantitative estimate of drug-likeness (QED) is 0.479. The third-order valence-electron chi connectivity index (χ3n) is 3.23. The number of hydrogen-bond donors (Lipinski definition) is 1. The molecule has 2 N–H and O–H groups in total. The molecule has 1 aromatic heterocycles. The minimum Gasteiger partial charge on any atom is -0.465 e. The van der Waals surface area contributed by atoms with Crippen LogP contribution in [0.3, 0.4) is 0 Å². The third-order valence-corrected chi connectivity index (χ3v) is 4.25. The molecule has 6 nitrogen and oxygen atoms in total. The summed E-state index contributed by atoms with van der Waals surface area (Å²) in [6, 6.07) is 7.30. The van der Waals surface area contributed by atoms with Crippen molar-refractivity contribution in [1.82, 2.24) is 14.9 Å². The van der Waals surface area contributed by atoms with Crippen LogP contribution in [-0.4, -0.2) is 28.0 Å². The van der Waals surface area contributed by atoms with Gasteiger partial charge in [-0.1, -0.05) is 37.2 Å². The summed E-state index contributed by atoms with van der Waals surface area (Å²) < 4.78 is 6.23. The van der Waals surface area contributed by atoms with Gasteiger partial charge in [-0.05, 0) is 24.1 Å². The van der Waals surface area contributed by atoms with E-state index in [-0.39, 0.29) is 5.97 Å². The number of benzene rings is 1. The monoisotopic (exact) mass is 320 g/mol. The summed E-state index contributed by atoms with van der Waals surface area (Å²) in [5.74, 6) is 7.19. The number of carbonyl (C=O) groups excluding carboxylic acids is 1. The van der Waals surface area contributed by atoms with Gasteiger partial charge >= 0.3 is 5.97 Å². The number of nitrogens with zero attached hydrogens (tertiary/aromatic N) is 3. The highest BCUT2D eigenvalue weighted by Gasteiger charge is 2.10. The van der Waals surface area contributed by atoms with Crippen LogP contribution in [0.1, 0.15) is 41.5 Å². The van der Waals surface area contributed by atoms with Gasteiger partial charge in [0.05, 0.1) is 12.7 Å². The second kappa shape index (κ2) is 7.84. The van der Waals surface area contributed by atoms with Crippen LogP contribution in [0, 0.1) is 0 Å². The van der Waals surface area contributed by atoms with E-state index in [0.717, 1.165) is 30.7 Å². The summed E-state index contributed by atoms with van der Waals surface area (Å²) >= 11 is 1.52. The zero-order valence-electron chi connectivity index (χ0n) is 12.8. The zero-order chi connectivity index (χ0) is 15.9. The molecule has 0 bridgehead atoms. The lowest BCUT2D eigenvalue weighted by Gasteiger charge is -2.04. The van der Waals surface area contributed by atoms with Crippen molar-refractivity contribution in [2.24, 2.45) is 0 Å². The number of methoxy groups -OCH3 is 1. The molecule has 0 unspecified atom stereocenters. The van der Waals surface area contributed by atoms with Gasteiger partial charge in [0.15, 0.2) is 5.82 Å². The fourth-order valence-corrected chi connectivity index (χ4v) is 2.75. The second-order valence-corrected chi connectivity index (χ2v) is 5.79. The van der Waals surface area contributed by atoms with Crippen molar-refractivity contribution in [2.45, 2.75) is 37.1 Å². The van der Waals surface area contributed by atoms with Gasteiger partial charge in [-0.15, -0.1) is 10.2 Å². The molecule has 22 heavy (non-hydrogen) atoms. The first-order valence-corrected chi connectivity index (χ1v) is 8.13. The van der Waals surface area contributed by atoms with Crippen molar-refractivity contribution in [3.05, 3.63) is 41.2 Å². The number of ether oxygens (including phenoxy) is 1.